The first kappa shape index (κ1) is 13.0. The number of rotatable bonds is 3. The normalized spacial score (nSPS) is 18.5. The quantitative estimate of drug-likeness (QED) is 0.754. The van der Waals surface area contributed by atoms with Crippen LogP contribution in [-0.2, 0) is 14.3 Å². The van der Waals surface area contributed by atoms with Crippen LogP contribution in [0.3, 0.4) is 0 Å². The molecule has 7 nitrogen and oxygen atoms in total. The van der Waals surface area contributed by atoms with Crippen molar-refractivity contribution in [1.29, 1.82) is 0 Å². The number of hydrogen-bond acceptors (Lipinski definition) is 5. The maximum atomic E-state index is 11.8. The first-order valence-corrected chi connectivity index (χ1v) is 5.67. The Hall–Kier alpha value is -2.44. The number of nitrogens with two attached hydrogens (primary N) is 1. The Kier molecular flexibility index (Phi) is 3.46. The number of carbonyl (C=O) groups is 3. The zero-order chi connectivity index (χ0) is 14.0. The lowest BCUT2D eigenvalue weighted by Crippen LogP contribution is -2.29. The van der Waals surface area contributed by atoms with Crippen molar-refractivity contribution >= 4 is 23.6 Å². The van der Waals surface area contributed by atoms with E-state index in [-0.39, 0.29) is 18.9 Å². The van der Waals surface area contributed by atoms with Crippen LogP contribution in [0.2, 0.25) is 0 Å². The fourth-order valence-corrected chi connectivity index (χ4v) is 1.93. The summed E-state index contributed by atoms with van der Waals surface area (Å²) in [5.41, 5.74) is 5.48. The topological polar surface area (TPSA) is 103 Å². The molecule has 1 aromatic rings. The number of methoxy groups -OCH3 is 1. The van der Waals surface area contributed by atoms with E-state index in [0.29, 0.717) is 11.4 Å². The molecule has 2 heterocycles. The van der Waals surface area contributed by atoms with E-state index in [9.17, 15) is 14.4 Å². The van der Waals surface area contributed by atoms with Crippen molar-refractivity contribution in [3.8, 4) is 0 Å². The summed E-state index contributed by atoms with van der Waals surface area (Å²) in [4.78, 5) is 39.7. The van der Waals surface area contributed by atoms with E-state index < -0.39 is 17.8 Å². The van der Waals surface area contributed by atoms with Crippen LogP contribution >= 0.6 is 0 Å². The van der Waals surface area contributed by atoms with Crippen molar-refractivity contribution in [1.82, 2.24) is 4.98 Å². The summed E-state index contributed by atoms with van der Waals surface area (Å²) in [6.45, 7) is 0.186. The van der Waals surface area contributed by atoms with Gasteiger partial charge in [0.25, 0.3) is 0 Å². The molecule has 2 N–H and O–H groups in total. The van der Waals surface area contributed by atoms with Crippen LogP contribution in [0.25, 0.3) is 0 Å². The van der Waals surface area contributed by atoms with Crippen molar-refractivity contribution in [2.45, 2.75) is 6.42 Å². The summed E-state index contributed by atoms with van der Waals surface area (Å²) in [7, 11) is 1.27. The van der Waals surface area contributed by atoms with Crippen molar-refractivity contribution in [3.63, 3.8) is 0 Å². The van der Waals surface area contributed by atoms with Gasteiger partial charge in [-0.2, -0.15) is 0 Å². The SMILES string of the molecule is COC(=O)c1ccnc(N2CC(C(N)=O)CC2=O)c1. The van der Waals surface area contributed by atoms with E-state index in [2.05, 4.69) is 9.72 Å². The van der Waals surface area contributed by atoms with Gasteiger partial charge >= 0.3 is 5.97 Å². The summed E-state index contributed by atoms with van der Waals surface area (Å²) < 4.78 is 4.60. The van der Waals surface area contributed by atoms with Gasteiger partial charge in [-0.3, -0.25) is 14.5 Å². The average Bonchev–Trinajstić information content (AvgIpc) is 2.80. The van der Waals surface area contributed by atoms with Gasteiger partial charge in [-0.15, -0.1) is 0 Å². The Morgan fingerprint density at radius 3 is 2.84 bits per heavy atom. The smallest absolute Gasteiger partial charge is 0.338 e. The second kappa shape index (κ2) is 5.05. The number of carbonyl (C=O) groups excluding carboxylic acids is 3. The van der Waals surface area contributed by atoms with Gasteiger partial charge in [-0.1, -0.05) is 0 Å². The van der Waals surface area contributed by atoms with Crippen LogP contribution in [0.5, 0.6) is 0 Å². The monoisotopic (exact) mass is 263 g/mol. The maximum absolute atomic E-state index is 11.8. The molecule has 1 aromatic heterocycles. The van der Waals surface area contributed by atoms with Crippen LogP contribution in [0.4, 0.5) is 5.82 Å². The van der Waals surface area contributed by atoms with E-state index in [1.807, 2.05) is 0 Å². The summed E-state index contributed by atoms with van der Waals surface area (Å²) in [6, 6.07) is 2.94. The van der Waals surface area contributed by atoms with Gasteiger partial charge in [0, 0.05) is 19.2 Å². The molecule has 1 saturated heterocycles. The number of pyridine rings is 1. The Bertz CT molecular complexity index is 544. The molecule has 0 aromatic carbocycles. The number of anilines is 1. The standard InChI is InChI=1S/C12H13N3O4/c1-19-12(18)7-2-3-14-9(4-7)15-6-8(11(13)17)5-10(15)16/h2-4,8H,5-6H2,1H3,(H2,13,17). The first-order valence-electron chi connectivity index (χ1n) is 5.67. The number of hydrogen-bond donors (Lipinski definition) is 1. The van der Waals surface area contributed by atoms with Crippen molar-refractivity contribution < 1.29 is 19.1 Å². The highest BCUT2D eigenvalue weighted by Gasteiger charge is 2.34. The lowest BCUT2D eigenvalue weighted by molar-refractivity contribution is -0.123. The minimum atomic E-state index is -0.518. The van der Waals surface area contributed by atoms with Gasteiger partial charge < -0.3 is 10.5 Å². The second-order valence-electron chi connectivity index (χ2n) is 4.20. The molecule has 0 spiro atoms. The molecule has 100 valence electrons. The van der Waals surface area contributed by atoms with Gasteiger partial charge in [0.2, 0.25) is 11.8 Å². The first-order chi connectivity index (χ1) is 9.02. The Morgan fingerprint density at radius 2 is 2.26 bits per heavy atom. The lowest BCUT2D eigenvalue weighted by Gasteiger charge is -2.15. The molecule has 0 radical (unpaired) electrons. The molecule has 1 fully saturated rings. The highest BCUT2D eigenvalue weighted by Crippen LogP contribution is 2.23. The number of aromatic nitrogens is 1. The predicted molar refractivity (Wildman–Crippen MR) is 65.2 cm³/mol. The molecule has 1 unspecified atom stereocenters. The van der Waals surface area contributed by atoms with Crippen molar-refractivity contribution in [2.75, 3.05) is 18.6 Å². The third kappa shape index (κ3) is 2.54. The molecule has 1 atom stereocenters. The lowest BCUT2D eigenvalue weighted by atomic mass is 10.1. The summed E-state index contributed by atoms with van der Waals surface area (Å²) in [6.07, 6.45) is 1.48. The number of nitrogens with zero attached hydrogens (tertiary/aromatic N) is 2. The molecule has 1 aliphatic rings. The molecular formula is C12H13N3O4. The Balaban J connectivity index is 2.25. The zero-order valence-electron chi connectivity index (χ0n) is 10.3. The summed E-state index contributed by atoms with van der Waals surface area (Å²) >= 11 is 0. The fraction of sp³-hybridized carbons (Fsp3) is 0.333. The highest BCUT2D eigenvalue weighted by atomic mass is 16.5. The van der Waals surface area contributed by atoms with E-state index >= 15 is 0 Å². The molecule has 7 heteroatoms. The van der Waals surface area contributed by atoms with Gasteiger partial charge in [0.1, 0.15) is 5.82 Å². The van der Waals surface area contributed by atoms with Gasteiger partial charge in [-0.25, -0.2) is 9.78 Å². The molecule has 2 rings (SSSR count). The van der Waals surface area contributed by atoms with Crippen LogP contribution in [0.15, 0.2) is 18.3 Å². The molecule has 0 aliphatic carbocycles. The Morgan fingerprint density at radius 1 is 1.53 bits per heavy atom. The molecule has 0 bridgehead atoms. The number of esters is 1. The number of ether oxygens (including phenoxy) is 1. The minimum absolute atomic E-state index is 0.0689. The van der Waals surface area contributed by atoms with Crippen molar-refractivity contribution in [3.05, 3.63) is 23.9 Å². The summed E-state index contributed by atoms with van der Waals surface area (Å²) in [5.74, 6) is -1.47. The van der Waals surface area contributed by atoms with Gasteiger partial charge in [-0.05, 0) is 12.1 Å². The maximum Gasteiger partial charge on any atom is 0.338 e. The van der Waals surface area contributed by atoms with Crippen molar-refractivity contribution in [2.24, 2.45) is 11.7 Å². The minimum Gasteiger partial charge on any atom is -0.465 e. The highest BCUT2D eigenvalue weighted by molar-refractivity contribution is 6.00. The molecule has 0 saturated carbocycles. The van der Waals surface area contributed by atoms with Gasteiger partial charge in [0.15, 0.2) is 0 Å². The van der Waals surface area contributed by atoms with E-state index in [1.165, 1.54) is 30.3 Å². The largest absolute Gasteiger partial charge is 0.465 e. The fourth-order valence-electron chi connectivity index (χ4n) is 1.93. The van der Waals surface area contributed by atoms with E-state index in [1.54, 1.807) is 0 Å². The van der Waals surface area contributed by atoms with Gasteiger partial charge in [0.05, 0.1) is 18.6 Å². The van der Waals surface area contributed by atoms with E-state index in [4.69, 9.17) is 5.73 Å². The third-order valence-electron chi connectivity index (χ3n) is 2.97. The Labute approximate surface area is 109 Å². The average molecular weight is 263 g/mol. The van der Waals surface area contributed by atoms with Crippen LogP contribution < -0.4 is 10.6 Å². The molecule has 2 amide bonds. The molecule has 1 aliphatic heterocycles. The molecule has 19 heavy (non-hydrogen) atoms. The number of amides is 2. The summed E-state index contributed by atoms with van der Waals surface area (Å²) in [5, 5.41) is 0. The zero-order valence-corrected chi connectivity index (χ0v) is 10.3. The van der Waals surface area contributed by atoms with Crippen LogP contribution in [0, 0.1) is 5.92 Å². The van der Waals surface area contributed by atoms with Crippen LogP contribution in [-0.4, -0.2) is 36.4 Å². The predicted octanol–water partition coefficient (Wildman–Crippen LogP) is -0.294. The van der Waals surface area contributed by atoms with Crippen LogP contribution in [0.1, 0.15) is 16.8 Å². The third-order valence-corrected chi connectivity index (χ3v) is 2.97. The second-order valence-corrected chi connectivity index (χ2v) is 4.20. The van der Waals surface area contributed by atoms with E-state index in [0.717, 1.165) is 0 Å². The molecular weight excluding hydrogens is 250 g/mol. The number of primary amides is 1.